The second-order valence-corrected chi connectivity index (χ2v) is 4.74. The molecule has 2 aromatic heterocycles. The Hall–Kier alpha value is -1.78. The molecule has 0 saturated heterocycles. The first-order chi connectivity index (χ1) is 9.19. The van der Waals surface area contributed by atoms with Crippen LogP contribution >= 0.6 is 23.2 Å². The predicted octanol–water partition coefficient (Wildman–Crippen LogP) is 3.94. The predicted molar refractivity (Wildman–Crippen MR) is 75.9 cm³/mol. The van der Waals surface area contributed by atoms with E-state index in [0.29, 0.717) is 21.7 Å². The van der Waals surface area contributed by atoms with Gasteiger partial charge in [0.05, 0.1) is 33.8 Å². The standard InChI is InChI=1S/C13H9Cl2N3O/c1-19-13-7(3-2-4-16-13)12-17-10-5-8(14)9(15)6-11(10)18-12/h2-6H,1H3,(H,17,18). The SMILES string of the molecule is COc1ncccc1-c1nc2cc(Cl)c(Cl)cc2[nH]1. The van der Waals surface area contributed by atoms with Crippen LogP contribution < -0.4 is 4.74 Å². The number of benzene rings is 1. The van der Waals surface area contributed by atoms with E-state index in [0.717, 1.165) is 16.6 Å². The quantitative estimate of drug-likeness (QED) is 0.778. The van der Waals surface area contributed by atoms with Gasteiger partial charge in [-0.05, 0) is 24.3 Å². The second-order valence-electron chi connectivity index (χ2n) is 3.93. The van der Waals surface area contributed by atoms with Crippen LogP contribution in [0.15, 0.2) is 30.5 Å². The molecule has 3 aromatic rings. The van der Waals surface area contributed by atoms with E-state index in [1.54, 1.807) is 25.4 Å². The van der Waals surface area contributed by atoms with Crippen molar-refractivity contribution < 1.29 is 4.74 Å². The van der Waals surface area contributed by atoms with Gasteiger partial charge in [-0.15, -0.1) is 0 Å². The summed E-state index contributed by atoms with van der Waals surface area (Å²) < 4.78 is 5.22. The topological polar surface area (TPSA) is 50.8 Å². The van der Waals surface area contributed by atoms with Gasteiger partial charge >= 0.3 is 0 Å². The summed E-state index contributed by atoms with van der Waals surface area (Å²) in [5.74, 6) is 1.18. The van der Waals surface area contributed by atoms with Gasteiger partial charge in [0, 0.05) is 6.20 Å². The molecule has 1 N–H and O–H groups in total. The van der Waals surface area contributed by atoms with Gasteiger partial charge in [0.15, 0.2) is 0 Å². The fraction of sp³-hybridized carbons (Fsp3) is 0.0769. The zero-order valence-corrected chi connectivity index (χ0v) is 11.5. The summed E-state index contributed by atoms with van der Waals surface area (Å²) >= 11 is 12.0. The van der Waals surface area contributed by atoms with E-state index < -0.39 is 0 Å². The minimum atomic E-state index is 0.477. The van der Waals surface area contributed by atoms with Crippen molar-refractivity contribution >= 4 is 34.2 Å². The van der Waals surface area contributed by atoms with Crippen molar-refractivity contribution in [3.63, 3.8) is 0 Å². The average Bonchev–Trinajstić information content (AvgIpc) is 2.82. The Morgan fingerprint density at radius 3 is 2.79 bits per heavy atom. The molecule has 0 spiro atoms. The number of rotatable bonds is 2. The van der Waals surface area contributed by atoms with Gasteiger partial charge in [-0.1, -0.05) is 23.2 Å². The number of aromatic amines is 1. The number of fused-ring (bicyclic) bond motifs is 1. The third-order valence-corrected chi connectivity index (χ3v) is 3.47. The molecule has 3 rings (SSSR count). The van der Waals surface area contributed by atoms with E-state index in [1.165, 1.54) is 0 Å². The van der Waals surface area contributed by atoms with Crippen LogP contribution in [0.1, 0.15) is 0 Å². The van der Waals surface area contributed by atoms with Gasteiger partial charge < -0.3 is 9.72 Å². The summed E-state index contributed by atoms with van der Waals surface area (Å²) in [6.45, 7) is 0. The van der Waals surface area contributed by atoms with Crippen LogP contribution in [0.4, 0.5) is 0 Å². The minimum Gasteiger partial charge on any atom is -0.480 e. The number of aromatic nitrogens is 3. The van der Waals surface area contributed by atoms with Crippen molar-refractivity contribution in [2.75, 3.05) is 7.11 Å². The van der Waals surface area contributed by atoms with Crippen molar-refractivity contribution in [2.45, 2.75) is 0 Å². The lowest BCUT2D eigenvalue weighted by Gasteiger charge is -2.02. The third-order valence-electron chi connectivity index (χ3n) is 2.74. The van der Waals surface area contributed by atoms with Gasteiger partial charge in [-0.25, -0.2) is 9.97 Å². The highest BCUT2D eigenvalue weighted by Gasteiger charge is 2.12. The lowest BCUT2D eigenvalue weighted by atomic mass is 10.2. The fourth-order valence-electron chi connectivity index (χ4n) is 1.87. The Morgan fingerprint density at radius 1 is 1.21 bits per heavy atom. The molecule has 0 aliphatic rings. The number of nitrogens with zero attached hydrogens (tertiary/aromatic N) is 2. The number of ether oxygens (including phenoxy) is 1. The minimum absolute atomic E-state index is 0.477. The summed E-state index contributed by atoms with van der Waals surface area (Å²) in [5, 5.41) is 0.966. The molecule has 0 aliphatic carbocycles. The maximum absolute atomic E-state index is 5.98. The third kappa shape index (κ3) is 2.13. The second kappa shape index (κ2) is 4.72. The largest absolute Gasteiger partial charge is 0.480 e. The van der Waals surface area contributed by atoms with Gasteiger partial charge in [-0.3, -0.25) is 0 Å². The summed E-state index contributed by atoms with van der Waals surface area (Å²) in [5.41, 5.74) is 2.35. The van der Waals surface area contributed by atoms with E-state index in [1.807, 2.05) is 12.1 Å². The van der Waals surface area contributed by atoms with Crippen LogP contribution in [-0.2, 0) is 0 Å². The van der Waals surface area contributed by atoms with Crippen LogP contribution in [-0.4, -0.2) is 22.1 Å². The number of hydrogen-bond acceptors (Lipinski definition) is 3. The van der Waals surface area contributed by atoms with Gasteiger partial charge in [0.25, 0.3) is 0 Å². The smallest absolute Gasteiger partial charge is 0.224 e. The number of imidazole rings is 1. The lowest BCUT2D eigenvalue weighted by molar-refractivity contribution is 0.399. The van der Waals surface area contributed by atoms with E-state index in [9.17, 15) is 0 Å². The monoisotopic (exact) mass is 293 g/mol. The van der Waals surface area contributed by atoms with Crippen molar-refractivity contribution in [3.05, 3.63) is 40.5 Å². The number of nitrogens with one attached hydrogen (secondary N) is 1. The maximum atomic E-state index is 5.98. The molecule has 4 nitrogen and oxygen atoms in total. The number of pyridine rings is 1. The highest BCUT2D eigenvalue weighted by molar-refractivity contribution is 6.42. The van der Waals surface area contributed by atoms with Gasteiger partial charge in [0.2, 0.25) is 5.88 Å². The molecule has 0 amide bonds. The first-order valence-corrected chi connectivity index (χ1v) is 6.29. The van der Waals surface area contributed by atoms with Crippen LogP contribution in [0, 0.1) is 0 Å². The van der Waals surface area contributed by atoms with Crippen LogP contribution in [0.25, 0.3) is 22.4 Å². The Labute approximate surface area is 119 Å². The average molecular weight is 294 g/mol. The van der Waals surface area contributed by atoms with E-state index in [2.05, 4.69) is 15.0 Å². The van der Waals surface area contributed by atoms with Crippen LogP contribution in [0.2, 0.25) is 10.0 Å². The van der Waals surface area contributed by atoms with Crippen molar-refractivity contribution in [2.24, 2.45) is 0 Å². The molecule has 0 bridgehead atoms. The first kappa shape index (κ1) is 12.3. The summed E-state index contributed by atoms with van der Waals surface area (Å²) in [6, 6.07) is 7.18. The summed E-state index contributed by atoms with van der Waals surface area (Å²) in [6.07, 6.45) is 1.67. The Bertz CT molecular complexity index is 716. The molecule has 6 heteroatoms. The molecule has 19 heavy (non-hydrogen) atoms. The number of halogens is 2. The number of methoxy groups -OCH3 is 1. The molecule has 2 heterocycles. The molecule has 1 aromatic carbocycles. The maximum Gasteiger partial charge on any atom is 0.224 e. The fourth-order valence-corrected chi connectivity index (χ4v) is 2.19. The molecule has 0 radical (unpaired) electrons. The summed E-state index contributed by atoms with van der Waals surface area (Å²) in [7, 11) is 1.57. The van der Waals surface area contributed by atoms with Crippen LogP contribution in [0.3, 0.4) is 0 Å². The van der Waals surface area contributed by atoms with E-state index in [-0.39, 0.29) is 0 Å². The summed E-state index contributed by atoms with van der Waals surface area (Å²) in [4.78, 5) is 11.8. The Morgan fingerprint density at radius 2 is 2.00 bits per heavy atom. The first-order valence-electron chi connectivity index (χ1n) is 5.53. The zero-order valence-electron chi connectivity index (χ0n) is 9.95. The molecule has 0 unspecified atom stereocenters. The van der Waals surface area contributed by atoms with Crippen molar-refractivity contribution in [1.29, 1.82) is 0 Å². The normalized spacial score (nSPS) is 10.9. The van der Waals surface area contributed by atoms with Crippen LogP contribution in [0.5, 0.6) is 5.88 Å². The molecular formula is C13H9Cl2N3O. The van der Waals surface area contributed by atoms with Crippen molar-refractivity contribution in [1.82, 2.24) is 15.0 Å². The van der Waals surface area contributed by atoms with Crippen molar-refractivity contribution in [3.8, 4) is 17.3 Å². The number of H-pyrrole nitrogens is 1. The molecule has 0 atom stereocenters. The highest BCUT2D eigenvalue weighted by Crippen LogP contribution is 2.31. The molecule has 0 fully saturated rings. The molecule has 0 aliphatic heterocycles. The molecular weight excluding hydrogens is 285 g/mol. The zero-order chi connectivity index (χ0) is 13.4. The molecule has 96 valence electrons. The van der Waals surface area contributed by atoms with E-state index in [4.69, 9.17) is 27.9 Å². The Balaban J connectivity index is 2.20. The highest BCUT2D eigenvalue weighted by atomic mass is 35.5. The van der Waals surface area contributed by atoms with Gasteiger partial charge in [0.1, 0.15) is 5.82 Å². The van der Waals surface area contributed by atoms with Gasteiger partial charge in [-0.2, -0.15) is 0 Å². The Kier molecular flexibility index (Phi) is 3.05. The van der Waals surface area contributed by atoms with E-state index >= 15 is 0 Å². The number of hydrogen-bond donors (Lipinski definition) is 1. The molecule has 0 saturated carbocycles. The lowest BCUT2D eigenvalue weighted by Crippen LogP contribution is -1.91.